The second kappa shape index (κ2) is 5.02. The maximum Gasteiger partial charge on any atom is 0.341 e. The Morgan fingerprint density at radius 3 is 2.52 bits per heavy atom. The molecule has 0 aliphatic carbocycles. The van der Waals surface area contributed by atoms with Gasteiger partial charge in [0.05, 0.1) is 11.3 Å². The van der Waals surface area contributed by atoms with Gasteiger partial charge < -0.3 is 5.11 Å². The topological polar surface area (TPSA) is 67.5 Å². The van der Waals surface area contributed by atoms with Crippen molar-refractivity contribution in [1.29, 1.82) is 0 Å². The van der Waals surface area contributed by atoms with E-state index >= 15 is 0 Å². The number of carbonyl (C=O) groups is 1. The summed E-state index contributed by atoms with van der Waals surface area (Å²) in [5, 5.41) is 13.8. The summed E-state index contributed by atoms with van der Waals surface area (Å²) in [6.07, 6.45) is 0. The van der Waals surface area contributed by atoms with Gasteiger partial charge >= 0.3 is 5.97 Å². The zero-order valence-electron chi connectivity index (χ0n) is 10.8. The Morgan fingerprint density at radius 2 is 1.90 bits per heavy atom. The number of carboxylic acids is 1. The summed E-state index contributed by atoms with van der Waals surface area (Å²) in [7, 11) is 0. The number of hydrogen-bond donors (Lipinski definition) is 1. The molecule has 0 bridgehead atoms. The third-order valence-corrected chi connectivity index (χ3v) is 3.74. The first-order valence-electron chi connectivity index (χ1n) is 6.03. The predicted octanol–water partition coefficient (Wildman–Crippen LogP) is 3.71. The number of aromatic nitrogens is 3. The number of aryl methyl sites for hydroxylation is 1. The van der Waals surface area contributed by atoms with Crippen molar-refractivity contribution < 1.29 is 9.90 Å². The van der Waals surface area contributed by atoms with Crippen LogP contribution in [0.4, 0.5) is 0 Å². The van der Waals surface area contributed by atoms with E-state index in [0.29, 0.717) is 11.3 Å². The van der Waals surface area contributed by atoms with Crippen LogP contribution in [-0.4, -0.2) is 25.7 Å². The zero-order valence-corrected chi connectivity index (χ0v) is 12.4. The number of carboxylic acid groups (broad SMARTS) is 1. The quantitative estimate of drug-likeness (QED) is 0.730. The molecule has 3 rings (SSSR count). The molecule has 0 saturated heterocycles. The highest BCUT2D eigenvalue weighted by Crippen LogP contribution is 2.34. The molecule has 106 valence electrons. The van der Waals surface area contributed by atoms with Gasteiger partial charge in [-0.1, -0.05) is 53.5 Å². The van der Waals surface area contributed by atoms with E-state index < -0.39 is 5.97 Å². The molecular formula is C14H9Cl2N3O2. The van der Waals surface area contributed by atoms with Gasteiger partial charge in [0.25, 0.3) is 0 Å². The van der Waals surface area contributed by atoms with Crippen LogP contribution in [0.25, 0.3) is 16.8 Å². The first-order chi connectivity index (χ1) is 10.0. The Labute approximate surface area is 129 Å². The summed E-state index contributed by atoms with van der Waals surface area (Å²) in [5.74, 6) is -1.12. The first kappa shape index (κ1) is 13.9. The van der Waals surface area contributed by atoms with Gasteiger partial charge in [0.1, 0.15) is 15.9 Å². The minimum atomic E-state index is -1.12. The van der Waals surface area contributed by atoms with Crippen LogP contribution in [0.2, 0.25) is 10.3 Å². The molecule has 0 aliphatic rings. The van der Waals surface area contributed by atoms with Crippen LogP contribution in [0.5, 0.6) is 0 Å². The van der Waals surface area contributed by atoms with E-state index in [1.165, 1.54) is 4.52 Å². The van der Waals surface area contributed by atoms with Crippen molar-refractivity contribution >= 4 is 34.8 Å². The maximum absolute atomic E-state index is 11.3. The first-order valence-corrected chi connectivity index (χ1v) is 6.79. The molecule has 1 aromatic carbocycles. The molecule has 0 unspecified atom stereocenters. The number of aromatic carboxylic acids is 1. The van der Waals surface area contributed by atoms with E-state index in [9.17, 15) is 9.90 Å². The van der Waals surface area contributed by atoms with Crippen molar-refractivity contribution in [2.75, 3.05) is 0 Å². The Morgan fingerprint density at radius 1 is 1.24 bits per heavy atom. The van der Waals surface area contributed by atoms with E-state index in [-0.39, 0.29) is 21.5 Å². The van der Waals surface area contributed by atoms with Crippen molar-refractivity contribution in [1.82, 2.24) is 14.6 Å². The lowest BCUT2D eigenvalue weighted by Gasteiger charge is -2.08. The van der Waals surface area contributed by atoms with Crippen LogP contribution < -0.4 is 0 Å². The summed E-state index contributed by atoms with van der Waals surface area (Å²) in [6.45, 7) is 1.59. The summed E-state index contributed by atoms with van der Waals surface area (Å²) in [6, 6.07) is 9.26. The number of halogens is 2. The van der Waals surface area contributed by atoms with Gasteiger partial charge in [-0.3, -0.25) is 0 Å². The normalized spacial score (nSPS) is 11.0. The monoisotopic (exact) mass is 321 g/mol. The van der Waals surface area contributed by atoms with E-state index in [0.717, 1.165) is 5.56 Å². The standard InChI is InChI=1S/C14H9Cl2N3O2/c1-7-9(14(20)21)13-17-11(15)10(12(16)19(13)18-7)8-5-3-2-4-6-8/h2-6H,1H3,(H,20,21). The molecule has 0 radical (unpaired) electrons. The van der Waals surface area contributed by atoms with Gasteiger partial charge in [-0.05, 0) is 12.5 Å². The van der Waals surface area contributed by atoms with Gasteiger partial charge in [-0.15, -0.1) is 0 Å². The van der Waals surface area contributed by atoms with Crippen LogP contribution in [0.15, 0.2) is 30.3 Å². The molecule has 5 nitrogen and oxygen atoms in total. The summed E-state index contributed by atoms with van der Waals surface area (Å²) < 4.78 is 1.30. The number of benzene rings is 1. The molecule has 0 aliphatic heterocycles. The average Bonchev–Trinajstić information content (AvgIpc) is 2.76. The van der Waals surface area contributed by atoms with E-state index in [1.807, 2.05) is 30.3 Å². The molecule has 7 heteroatoms. The number of rotatable bonds is 2. The van der Waals surface area contributed by atoms with Gasteiger partial charge in [-0.2, -0.15) is 5.10 Å². The van der Waals surface area contributed by atoms with E-state index in [2.05, 4.69) is 10.1 Å². The van der Waals surface area contributed by atoms with Crippen molar-refractivity contribution in [3.05, 3.63) is 51.9 Å². The fourth-order valence-electron chi connectivity index (χ4n) is 2.19. The van der Waals surface area contributed by atoms with Crippen molar-refractivity contribution in [3.63, 3.8) is 0 Å². The van der Waals surface area contributed by atoms with Crippen molar-refractivity contribution in [2.45, 2.75) is 6.92 Å². The van der Waals surface area contributed by atoms with Crippen LogP contribution in [-0.2, 0) is 0 Å². The molecule has 0 fully saturated rings. The molecule has 3 aromatic rings. The third-order valence-electron chi connectivity index (χ3n) is 3.11. The van der Waals surface area contributed by atoms with Crippen molar-refractivity contribution in [2.24, 2.45) is 0 Å². The van der Waals surface area contributed by atoms with Gasteiger partial charge in [-0.25, -0.2) is 14.3 Å². The second-order valence-electron chi connectivity index (χ2n) is 4.44. The van der Waals surface area contributed by atoms with Crippen LogP contribution >= 0.6 is 23.2 Å². The SMILES string of the molecule is Cc1nn2c(Cl)c(-c3ccccc3)c(Cl)nc2c1C(=O)O. The van der Waals surface area contributed by atoms with Gasteiger partial charge in [0.15, 0.2) is 5.65 Å². The predicted molar refractivity (Wildman–Crippen MR) is 80.1 cm³/mol. The average molecular weight is 322 g/mol. The highest BCUT2D eigenvalue weighted by Gasteiger charge is 2.23. The molecule has 0 spiro atoms. The Bertz CT molecular complexity index is 860. The fraction of sp³-hybridized carbons (Fsp3) is 0.0714. The minimum absolute atomic E-state index is 0.00147. The lowest BCUT2D eigenvalue weighted by molar-refractivity contribution is 0.0698. The third kappa shape index (κ3) is 2.14. The molecule has 21 heavy (non-hydrogen) atoms. The van der Waals surface area contributed by atoms with E-state index in [4.69, 9.17) is 23.2 Å². The van der Waals surface area contributed by atoms with E-state index in [1.54, 1.807) is 6.92 Å². The largest absolute Gasteiger partial charge is 0.477 e. The molecule has 0 atom stereocenters. The van der Waals surface area contributed by atoms with Crippen LogP contribution in [0.3, 0.4) is 0 Å². The highest BCUT2D eigenvalue weighted by atomic mass is 35.5. The maximum atomic E-state index is 11.3. The lowest BCUT2D eigenvalue weighted by Crippen LogP contribution is -2.01. The molecular weight excluding hydrogens is 313 g/mol. The second-order valence-corrected chi connectivity index (χ2v) is 5.15. The van der Waals surface area contributed by atoms with Crippen LogP contribution in [0.1, 0.15) is 16.1 Å². The molecule has 0 saturated carbocycles. The summed E-state index contributed by atoms with van der Waals surface area (Å²) in [5.41, 5.74) is 1.77. The number of fused-ring (bicyclic) bond motifs is 1. The van der Waals surface area contributed by atoms with Gasteiger partial charge in [0.2, 0.25) is 0 Å². The minimum Gasteiger partial charge on any atom is -0.477 e. The molecule has 2 heterocycles. The fourth-order valence-corrected chi connectivity index (χ4v) is 2.83. The number of hydrogen-bond acceptors (Lipinski definition) is 3. The Kier molecular flexibility index (Phi) is 3.31. The molecule has 0 amide bonds. The highest BCUT2D eigenvalue weighted by molar-refractivity contribution is 6.38. The lowest BCUT2D eigenvalue weighted by atomic mass is 10.1. The van der Waals surface area contributed by atoms with Crippen LogP contribution in [0, 0.1) is 6.92 Å². The zero-order chi connectivity index (χ0) is 15.1. The number of nitrogens with zero attached hydrogens (tertiary/aromatic N) is 3. The Hall–Kier alpha value is -2.11. The molecule has 1 N–H and O–H groups in total. The summed E-state index contributed by atoms with van der Waals surface area (Å²) in [4.78, 5) is 15.5. The smallest absolute Gasteiger partial charge is 0.341 e. The molecule has 2 aromatic heterocycles. The van der Waals surface area contributed by atoms with Crippen molar-refractivity contribution in [3.8, 4) is 11.1 Å². The Balaban J connectivity index is 2.38. The van der Waals surface area contributed by atoms with Gasteiger partial charge in [0, 0.05) is 0 Å². The summed E-state index contributed by atoms with van der Waals surface area (Å²) >= 11 is 12.6.